The number of amides is 1. The molecule has 0 unspecified atom stereocenters. The van der Waals surface area contributed by atoms with Gasteiger partial charge in [0, 0.05) is 75.7 Å². The topological polar surface area (TPSA) is 82.0 Å². The predicted octanol–water partition coefficient (Wildman–Crippen LogP) is 4.15. The third kappa shape index (κ3) is 6.26. The summed E-state index contributed by atoms with van der Waals surface area (Å²) >= 11 is 0. The molecule has 194 valence electrons. The highest BCUT2D eigenvalue weighted by Crippen LogP contribution is 2.37. The zero-order chi connectivity index (χ0) is 25.9. The van der Waals surface area contributed by atoms with Crippen molar-refractivity contribution in [2.45, 2.75) is 32.0 Å². The SMILES string of the molecule is Cc1ccc(N2CCN(CCC(=O)N3CC[C@@H](Nc4ccc([N+](=O)[O-])c(C(F)(F)F)c4)C3)CC2)cc1. The van der Waals surface area contributed by atoms with E-state index < -0.39 is 22.4 Å². The van der Waals surface area contributed by atoms with Crippen LogP contribution in [0.25, 0.3) is 0 Å². The fraction of sp³-hybridized carbons (Fsp3) is 0.480. The van der Waals surface area contributed by atoms with E-state index in [0.29, 0.717) is 32.5 Å². The van der Waals surface area contributed by atoms with Crippen LogP contribution in [0.15, 0.2) is 42.5 Å². The Morgan fingerprint density at radius 3 is 2.42 bits per heavy atom. The second-order valence-corrected chi connectivity index (χ2v) is 9.37. The van der Waals surface area contributed by atoms with Gasteiger partial charge in [-0.25, -0.2) is 0 Å². The van der Waals surface area contributed by atoms with Gasteiger partial charge in [0.1, 0.15) is 5.56 Å². The second kappa shape index (κ2) is 10.7. The van der Waals surface area contributed by atoms with Crippen LogP contribution in [-0.4, -0.2) is 72.5 Å². The second-order valence-electron chi connectivity index (χ2n) is 9.37. The largest absolute Gasteiger partial charge is 0.423 e. The highest BCUT2D eigenvalue weighted by molar-refractivity contribution is 5.77. The van der Waals surface area contributed by atoms with Gasteiger partial charge in [-0.1, -0.05) is 17.7 Å². The Bertz CT molecular complexity index is 1090. The number of nitrogens with zero attached hydrogens (tertiary/aromatic N) is 4. The number of halogens is 3. The first kappa shape index (κ1) is 25.7. The van der Waals surface area contributed by atoms with E-state index in [9.17, 15) is 28.1 Å². The van der Waals surface area contributed by atoms with Crippen LogP contribution in [0.5, 0.6) is 0 Å². The zero-order valence-electron chi connectivity index (χ0n) is 20.1. The zero-order valence-corrected chi connectivity index (χ0v) is 20.1. The van der Waals surface area contributed by atoms with Gasteiger partial charge < -0.3 is 15.1 Å². The van der Waals surface area contributed by atoms with Crippen LogP contribution in [0.4, 0.5) is 30.2 Å². The van der Waals surface area contributed by atoms with E-state index in [4.69, 9.17) is 0 Å². The maximum atomic E-state index is 13.2. The Morgan fingerprint density at radius 1 is 1.08 bits per heavy atom. The number of hydrogen-bond acceptors (Lipinski definition) is 6. The number of carbonyl (C=O) groups is 1. The summed E-state index contributed by atoms with van der Waals surface area (Å²) in [5.74, 6) is 0.0277. The number of carbonyl (C=O) groups excluding carboxylic acids is 1. The first-order valence-electron chi connectivity index (χ1n) is 12.0. The number of aryl methyl sites for hydroxylation is 1. The molecule has 11 heteroatoms. The molecule has 2 aliphatic heterocycles. The van der Waals surface area contributed by atoms with Crippen molar-refractivity contribution in [1.29, 1.82) is 0 Å². The van der Waals surface area contributed by atoms with Crippen molar-refractivity contribution in [2.24, 2.45) is 0 Å². The molecule has 0 saturated carbocycles. The van der Waals surface area contributed by atoms with Gasteiger partial charge in [-0.05, 0) is 37.6 Å². The van der Waals surface area contributed by atoms with E-state index in [2.05, 4.69) is 46.3 Å². The lowest BCUT2D eigenvalue weighted by molar-refractivity contribution is -0.388. The fourth-order valence-corrected chi connectivity index (χ4v) is 4.75. The summed E-state index contributed by atoms with van der Waals surface area (Å²) in [6, 6.07) is 11.2. The molecule has 2 aromatic carbocycles. The summed E-state index contributed by atoms with van der Waals surface area (Å²) in [4.78, 5) is 29.0. The number of alkyl halides is 3. The molecule has 1 N–H and O–H groups in total. The number of hydrogen-bond donors (Lipinski definition) is 1. The van der Waals surface area contributed by atoms with Crippen molar-refractivity contribution in [2.75, 3.05) is 56.0 Å². The molecule has 0 aliphatic carbocycles. The van der Waals surface area contributed by atoms with E-state index in [-0.39, 0.29) is 17.6 Å². The molecule has 0 radical (unpaired) electrons. The van der Waals surface area contributed by atoms with E-state index in [0.717, 1.165) is 38.3 Å². The molecule has 2 saturated heterocycles. The molecule has 0 aromatic heterocycles. The molecule has 2 fully saturated rings. The smallest absolute Gasteiger partial charge is 0.380 e. The van der Waals surface area contributed by atoms with Crippen LogP contribution in [0.3, 0.4) is 0 Å². The van der Waals surface area contributed by atoms with Crippen LogP contribution in [0.1, 0.15) is 24.0 Å². The lowest BCUT2D eigenvalue weighted by Gasteiger charge is -2.36. The van der Waals surface area contributed by atoms with Crippen LogP contribution in [-0.2, 0) is 11.0 Å². The van der Waals surface area contributed by atoms with E-state index in [1.807, 2.05) is 0 Å². The van der Waals surface area contributed by atoms with Gasteiger partial charge in [0.25, 0.3) is 5.69 Å². The first-order valence-corrected chi connectivity index (χ1v) is 12.0. The predicted molar refractivity (Wildman–Crippen MR) is 131 cm³/mol. The quantitative estimate of drug-likeness (QED) is 0.450. The van der Waals surface area contributed by atoms with E-state index in [1.54, 1.807) is 4.90 Å². The average molecular weight is 506 g/mol. The molecule has 8 nitrogen and oxygen atoms in total. The Labute approximate surface area is 207 Å². The van der Waals surface area contributed by atoms with Crippen molar-refractivity contribution in [3.8, 4) is 0 Å². The first-order chi connectivity index (χ1) is 17.1. The molecule has 2 heterocycles. The molecule has 0 spiro atoms. The lowest BCUT2D eigenvalue weighted by Crippen LogP contribution is -2.47. The number of nitrogens with one attached hydrogen (secondary N) is 1. The van der Waals surface area contributed by atoms with Gasteiger partial charge in [-0.15, -0.1) is 0 Å². The molecule has 0 bridgehead atoms. The molecule has 2 aliphatic rings. The number of piperazine rings is 1. The van der Waals surface area contributed by atoms with Crippen molar-refractivity contribution >= 4 is 23.0 Å². The minimum absolute atomic E-state index is 0.0277. The summed E-state index contributed by atoms with van der Waals surface area (Å²) in [6.45, 7) is 7.22. The average Bonchev–Trinajstić information content (AvgIpc) is 3.31. The van der Waals surface area contributed by atoms with Crippen LogP contribution in [0.2, 0.25) is 0 Å². The summed E-state index contributed by atoms with van der Waals surface area (Å²) in [5.41, 5.74) is 0.330. The maximum Gasteiger partial charge on any atom is 0.423 e. The number of nitro benzene ring substituents is 1. The maximum absolute atomic E-state index is 13.2. The third-order valence-electron chi connectivity index (χ3n) is 6.82. The van der Waals surface area contributed by atoms with Crippen molar-refractivity contribution in [1.82, 2.24) is 9.80 Å². The Kier molecular flexibility index (Phi) is 7.67. The Balaban J connectivity index is 1.23. The number of nitro groups is 1. The summed E-state index contributed by atoms with van der Waals surface area (Å²) in [7, 11) is 0. The Hall–Kier alpha value is -3.34. The molecule has 36 heavy (non-hydrogen) atoms. The van der Waals surface area contributed by atoms with Crippen LogP contribution >= 0.6 is 0 Å². The number of likely N-dealkylation sites (tertiary alicyclic amines) is 1. The van der Waals surface area contributed by atoms with E-state index >= 15 is 0 Å². The summed E-state index contributed by atoms with van der Waals surface area (Å²) < 4.78 is 39.7. The van der Waals surface area contributed by atoms with Crippen molar-refractivity contribution in [3.63, 3.8) is 0 Å². The van der Waals surface area contributed by atoms with Crippen molar-refractivity contribution < 1.29 is 22.9 Å². The van der Waals surface area contributed by atoms with Crippen LogP contribution < -0.4 is 10.2 Å². The van der Waals surface area contributed by atoms with E-state index in [1.165, 1.54) is 17.3 Å². The van der Waals surface area contributed by atoms with Gasteiger partial charge in [-0.2, -0.15) is 13.2 Å². The van der Waals surface area contributed by atoms with Crippen LogP contribution in [0, 0.1) is 17.0 Å². The highest BCUT2D eigenvalue weighted by atomic mass is 19.4. The summed E-state index contributed by atoms with van der Waals surface area (Å²) in [5, 5.41) is 13.9. The van der Waals surface area contributed by atoms with Gasteiger partial charge in [-0.3, -0.25) is 19.8 Å². The molecule has 4 rings (SSSR count). The number of anilines is 2. The number of rotatable bonds is 7. The monoisotopic (exact) mass is 505 g/mol. The van der Waals surface area contributed by atoms with Crippen molar-refractivity contribution in [3.05, 3.63) is 63.7 Å². The minimum Gasteiger partial charge on any atom is -0.380 e. The molecular formula is C25H30F3N5O3. The molecule has 1 atom stereocenters. The highest BCUT2D eigenvalue weighted by Gasteiger charge is 2.38. The number of benzene rings is 2. The molecule has 1 amide bonds. The molecular weight excluding hydrogens is 475 g/mol. The normalized spacial score (nSPS) is 18.9. The Morgan fingerprint density at radius 2 is 1.78 bits per heavy atom. The lowest BCUT2D eigenvalue weighted by atomic mass is 10.1. The van der Waals surface area contributed by atoms with Gasteiger partial charge in [0.15, 0.2) is 0 Å². The minimum atomic E-state index is -4.83. The van der Waals surface area contributed by atoms with Gasteiger partial charge in [0.2, 0.25) is 5.91 Å². The fourth-order valence-electron chi connectivity index (χ4n) is 4.75. The third-order valence-corrected chi connectivity index (χ3v) is 6.82. The summed E-state index contributed by atoms with van der Waals surface area (Å²) in [6.07, 6.45) is -3.84. The van der Waals surface area contributed by atoms with Gasteiger partial charge in [0.05, 0.1) is 4.92 Å². The van der Waals surface area contributed by atoms with Gasteiger partial charge >= 0.3 is 6.18 Å². The standard InChI is InChI=1S/C25H30F3N5O3/c1-18-2-5-21(6-3-18)31-14-12-30(13-15-31)10-9-24(34)32-11-8-20(17-32)29-19-4-7-23(33(35)36)22(16-19)25(26,27)28/h2-7,16,20,29H,8-15,17H2,1H3/t20-/m1/s1. The molecule has 2 aromatic rings.